The second-order valence-corrected chi connectivity index (χ2v) is 3.96. The van der Waals surface area contributed by atoms with E-state index in [0.29, 0.717) is 0 Å². The zero-order valence-corrected chi connectivity index (χ0v) is 9.27. The first kappa shape index (κ1) is 11.2. The average molecular weight is 196 g/mol. The highest BCUT2D eigenvalue weighted by Crippen LogP contribution is 2.08. The van der Waals surface area contributed by atoms with Crippen molar-refractivity contribution >= 4 is 0 Å². The average Bonchev–Trinajstić information content (AvgIpc) is 2.51. The van der Waals surface area contributed by atoms with Crippen LogP contribution in [-0.4, -0.2) is 35.1 Å². The predicted octanol–water partition coefficient (Wildman–Crippen LogP) is 0.855. The molecule has 0 aliphatic rings. The summed E-state index contributed by atoms with van der Waals surface area (Å²) in [6, 6.07) is 0.0665. The summed E-state index contributed by atoms with van der Waals surface area (Å²) in [5, 5.41) is 0. The van der Waals surface area contributed by atoms with Crippen LogP contribution in [0, 0.1) is 0 Å². The number of aryl methyl sites for hydroxylation is 1. The van der Waals surface area contributed by atoms with Gasteiger partial charge in [0.25, 0.3) is 0 Å². The molecule has 0 fully saturated rings. The van der Waals surface area contributed by atoms with Gasteiger partial charge in [0.05, 0.1) is 12.0 Å². The van der Waals surface area contributed by atoms with Gasteiger partial charge >= 0.3 is 0 Å². The van der Waals surface area contributed by atoms with Crippen LogP contribution in [0.4, 0.5) is 0 Å². The van der Waals surface area contributed by atoms with E-state index in [1.54, 1.807) is 0 Å². The molecule has 1 rings (SSSR count). The third kappa shape index (κ3) is 3.12. The Morgan fingerprint density at radius 1 is 1.57 bits per heavy atom. The lowest BCUT2D eigenvalue weighted by molar-refractivity contribution is 0.384. The van der Waals surface area contributed by atoms with Crippen LogP contribution in [0.25, 0.3) is 0 Å². The zero-order valence-electron chi connectivity index (χ0n) is 9.27. The van der Waals surface area contributed by atoms with Gasteiger partial charge in [-0.2, -0.15) is 0 Å². The minimum Gasteiger partial charge on any atom is -0.333 e. The molecule has 2 N–H and O–H groups in total. The van der Waals surface area contributed by atoms with Crippen molar-refractivity contribution in [3.05, 3.63) is 18.2 Å². The lowest BCUT2D eigenvalue weighted by Gasteiger charge is -2.12. The van der Waals surface area contributed by atoms with Gasteiger partial charge in [0.2, 0.25) is 0 Å². The summed E-state index contributed by atoms with van der Waals surface area (Å²) in [7, 11) is 4.17. The molecule has 1 heterocycles. The maximum Gasteiger partial charge on any atom is 0.0948 e. The highest BCUT2D eigenvalue weighted by atomic mass is 15.1. The summed E-state index contributed by atoms with van der Waals surface area (Å²) in [4.78, 5) is 6.29. The molecule has 0 aliphatic carbocycles. The lowest BCUT2D eigenvalue weighted by atomic mass is 10.2. The van der Waals surface area contributed by atoms with E-state index in [1.165, 1.54) is 0 Å². The third-order valence-corrected chi connectivity index (χ3v) is 2.22. The molecule has 4 nitrogen and oxygen atoms in total. The van der Waals surface area contributed by atoms with Crippen LogP contribution in [0.2, 0.25) is 0 Å². The first-order chi connectivity index (χ1) is 6.61. The number of hydrogen-bond acceptors (Lipinski definition) is 3. The Balaban J connectivity index is 2.46. The van der Waals surface area contributed by atoms with Crippen LogP contribution in [0.1, 0.15) is 25.1 Å². The van der Waals surface area contributed by atoms with Crippen LogP contribution in [-0.2, 0) is 6.54 Å². The molecule has 0 radical (unpaired) electrons. The van der Waals surface area contributed by atoms with Gasteiger partial charge in [-0.3, -0.25) is 0 Å². The Bertz CT molecular complexity index is 265. The van der Waals surface area contributed by atoms with Crippen LogP contribution in [0.15, 0.2) is 12.5 Å². The fourth-order valence-corrected chi connectivity index (χ4v) is 1.45. The standard InChI is InChI=1S/C10H20N4/c1-9(11)10-7-12-8-14(10)6-4-5-13(2)3/h7-9H,4-6,11H2,1-3H3/t9-/m0/s1. The number of nitrogens with zero attached hydrogens (tertiary/aromatic N) is 3. The van der Waals surface area contributed by atoms with Crippen molar-refractivity contribution in [1.82, 2.24) is 14.5 Å². The number of rotatable bonds is 5. The molecule has 0 aromatic carbocycles. The van der Waals surface area contributed by atoms with E-state index in [2.05, 4.69) is 28.5 Å². The molecule has 0 amide bonds. The van der Waals surface area contributed by atoms with Gasteiger partial charge in [0, 0.05) is 18.8 Å². The molecule has 1 aromatic rings. The van der Waals surface area contributed by atoms with Crippen molar-refractivity contribution in [3.8, 4) is 0 Å². The molecule has 0 saturated carbocycles. The van der Waals surface area contributed by atoms with Gasteiger partial charge in [0.15, 0.2) is 0 Å². The van der Waals surface area contributed by atoms with Crippen LogP contribution < -0.4 is 5.73 Å². The van der Waals surface area contributed by atoms with E-state index in [9.17, 15) is 0 Å². The Kier molecular flexibility index (Phi) is 4.10. The molecule has 0 unspecified atom stereocenters. The summed E-state index contributed by atoms with van der Waals surface area (Å²) in [6.45, 7) is 4.07. The molecule has 1 atom stereocenters. The summed E-state index contributed by atoms with van der Waals surface area (Å²) >= 11 is 0. The van der Waals surface area contributed by atoms with Crippen LogP contribution in [0.5, 0.6) is 0 Å². The number of hydrogen-bond donors (Lipinski definition) is 1. The molecule has 14 heavy (non-hydrogen) atoms. The fourth-order valence-electron chi connectivity index (χ4n) is 1.45. The topological polar surface area (TPSA) is 47.1 Å². The second-order valence-electron chi connectivity index (χ2n) is 3.96. The van der Waals surface area contributed by atoms with Crippen molar-refractivity contribution in [2.75, 3.05) is 20.6 Å². The van der Waals surface area contributed by atoms with Gasteiger partial charge in [-0.25, -0.2) is 4.98 Å². The summed E-state index contributed by atoms with van der Waals surface area (Å²) < 4.78 is 2.13. The van der Waals surface area contributed by atoms with Gasteiger partial charge in [-0.15, -0.1) is 0 Å². The quantitative estimate of drug-likeness (QED) is 0.759. The molecule has 0 aliphatic heterocycles. The fraction of sp³-hybridized carbons (Fsp3) is 0.700. The van der Waals surface area contributed by atoms with Crippen LogP contribution in [0.3, 0.4) is 0 Å². The molecule has 0 spiro atoms. The predicted molar refractivity (Wildman–Crippen MR) is 58.0 cm³/mol. The van der Waals surface area contributed by atoms with Gasteiger partial charge in [-0.05, 0) is 34.0 Å². The number of imidazole rings is 1. The van der Waals surface area contributed by atoms with E-state index in [1.807, 2.05) is 19.4 Å². The SMILES string of the molecule is C[C@H](N)c1cncn1CCCN(C)C. The largest absolute Gasteiger partial charge is 0.333 e. The zero-order chi connectivity index (χ0) is 10.6. The Labute approximate surface area is 85.7 Å². The van der Waals surface area contributed by atoms with E-state index in [0.717, 1.165) is 25.2 Å². The Morgan fingerprint density at radius 3 is 2.86 bits per heavy atom. The van der Waals surface area contributed by atoms with E-state index >= 15 is 0 Å². The highest BCUT2D eigenvalue weighted by Gasteiger charge is 2.05. The maximum absolute atomic E-state index is 5.82. The first-order valence-corrected chi connectivity index (χ1v) is 5.01. The molecule has 1 aromatic heterocycles. The van der Waals surface area contributed by atoms with Crippen molar-refractivity contribution in [3.63, 3.8) is 0 Å². The Hall–Kier alpha value is -0.870. The molecular formula is C10H20N4. The molecular weight excluding hydrogens is 176 g/mol. The van der Waals surface area contributed by atoms with E-state index < -0.39 is 0 Å². The van der Waals surface area contributed by atoms with Crippen LogP contribution >= 0.6 is 0 Å². The molecule has 0 bridgehead atoms. The maximum atomic E-state index is 5.82. The van der Waals surface area contributed by atoms with Crippen molar-refractivity contribution < 1.29 is 0 Å². The van der Waals surface area contributed by atoms with Gasteiger partial charge in [-0.1, -0.05) is 0 Å². The summed E-state index contributed by atoms with van der Waals surface area (Å²) in [6.07, 6.45) is 4.83. The summed E-state index contributed by atoms with van der Waals surface area (Å²) in [5.41, 5.74) is 6.93. The van der Waals surface area contributed by atoms with Gasteiger partial charge < -0.3 is 15.2 Å². The molecule has 4 heteroatoms. The third-order valence-electron chi connectivity index (χ3n) is 2.22. The van der Waals surface area contributed by atoms with E-state index in [-0.39, 0.29) is 6.04 Å². The Morgan fingerprint density at radius 2 is 2.29 bits per heavy atom. The molecule has 0 saturated heterocycles. The second kappa shape index (κ2) is 5.12. The first-order valence-electron chi connectivity index (χ1n) is 5.01. The monoisotopic (exact) mass is 196 g/mol. The minimum absolute atomic E-state index is 0.0665. The van der Waals surface area contributed by atoms with E-state index in [4.69, 9.17) is 5.73 Å². The van der Waals surface area contributed by atoms with Crippen molar-refractivity contribution in [2.45, 2.75) is 25.9 Å². The van der Waals surface area contributed by atoms with Crippen molar-refractivity contribution in [1.29, 1.82) is 0 Å². The summed E-state index contributed by atoms with van der Waals surface area (Å²) in [5.74, 6) is 0. The number of nitrogens with two attached hydrogens (primary N) is 1. The normalized spacial score (nSPS) is 13.5. The lowest BCUT2D eigenvalue weighted by Crippen LogP contribution is -2.17. The minimum atomic E-state index is 0.0665. The van der Waals surface area contributed by atoms with Crippen molar-refractivity contribution in [2.24, 2.45) is 5.73 Å². The molecule has 80 valence electrons. The smallest absolute Gasteiger partial charge is 0.0948 e. The highest BCUT2D eigenvalue weighted by molar-refractivity contribution is 5.02. The van der Waals surface area contributed by atoms with Gasteiger partial charge in [0.1, 0.15) is 0 Å². The number of aromatic nitrogens is 2.